The fourth-order valence-electron chi connectivity index (χ4n) is 1.81. The number of nitrogens with two attached hydrogens (primary N) is 1. The minimum atomic E-state index is -0.600. The summed E-state index contributed by atoms with van der Waals surface area (Å²) in [5.41, 5.74) is 5.53. The Morgan fingerprint density at radius 3 is 1.94 bits per heavy atom. The summed E-state index contributed by atoms with van der Waals surface area (Å²) in [7, 11) is 0. The van der Waals surface area contributed by atoms with Gasteiger partial charge in [0.1, 0.15) is 5.69 Å². The average Bonchev–Trinajstić information content (AvgIpc) is 2.13. The van der Waals surface area contributed by atoms with Gasteiger partial charge in [-0.2, -0.15) is 0 Å². The van der Waals surface area contributed by atoms with Crippen LogP contribution < -0.4 is 10.6 Å². The van der Waals surface area contributed by atoms with Crippen LogP contribution in [0.1, 0.15) is 27.7 Å². The fourth-order valence-corrected chi connectivity index (χ4v) is 1.81. The Hall–Kier alpha value is -1.32. The van der Waals surface area contributed by atoms with Crippen molar-refractivity contribution < 1.29 is 8.78 Å². The predicted molar refractivity (Wildman–Crippen MR) is 68.1 cm³/mol. The third-order valence-electron chi connectivity index (χ3n) is 2.51. The molecule has 0 aliphatic carbocycles. The van der Waals surface area contributed by atoms with E-state index in [1.54, 1.807) is 4.90 Å². The topological polar surface area (TPSA) is 29.3 Å². The van der Waals surface area contributed by atoms with Gasteiger partial charge in [0.05, 0.1) is 0 Å². The van der Waals surface area contributed by atoms with Crippen LogP contribution in [-0.4, -0.2) is 12.6 Å². The lowest BCUT2D eigenvalue weighted by atomic mass is 10.1. The maximum atomic E-state index is 13.8. The van der Waals surface area contributed by atoms with Crippen LogP contribution in [0.25, 0.3) is 0 Å². The zero-order valence-electron chi connectivity index (χ0n) is 10.8. The molecule has 1 aromatic carbocycles. The average molecular weight is 242 g/mol. The third-order valence-corrected chi connectivity index (χ3v) is 2.51. The summed E-state index contributed by atoms with van der Waals surface area (Å²) in [5, 5.41) is 0. The lowest BCUT2D eigenvalue weighted by Gasteiger charge is -2.31. The van der Waals surface area contributed by atoms with E-state index in [-0.39, 0.29) is 17.4 Å². The zero-order chi connectivity index (χ0) is 13.2. The number of nitrogen functional groups attached to an aromatic ring is 1. The Balaban J connectivity index is 3.18. The molecule has 0 radical (unpaired) electrons. The molecular formula is C13H20F2N2. The van der Waals surface area contributed by atoms with Crippen molar-refractivity contribution in [1.82, 2.24) is 0 Å². The first kappa shape index (κ1) is 13.7. The van der Waals surface area contributed by atoms with E-state index in [2.05, 4.69) is 0 Å². The molecule has 2 N–H and O–H groups in total. The second-order valence-corrected chi connectivity index (χ2v) is 4.97. The van der Waals surface area contributed by atoms with Gasteiger partial charge in [-0.1, -0.05) is 13.8 Å². The summed E-state index contributed by atoms with van der Waals surface area (Å²) < 4.78 is 27.6. The molecule has 17 heavy (non-hydrogen) atoms. The molecule has 0 unspecified atom stereocenters. The van der Waals surface area contributed by atoms with E-state index in [4.69, 9.17) is 5.73 Å². The molecule has 0 saturated carbocycles. The van der Waals surface area contributed by atoms with E-state index in [0.717, 1.165) is 12.1 Å². The molecule has 0 heterocycles. The fraction of sp³-hybridized carbons (Fsp3) is 0.538. The van der Waals surface area contributed by atoms with E-state index in [1.807, 2.05) is 27.7 Å². The summed E-state index contributed by atoms with van der Waals surface area (Å²) in [6, 6.07) is 2.35. The molecule has 0 aliphatic rings. The molecule has 0 bridgehead atoms. The van der Waals surface area contributed by atoms with Gasteiger partial charge in [0.15, 0.2) is 11.6 Å². The van der Waals surface area contributed by atoms with Crippen LogP contribution in [0.2, 0.25) is 0 Å². The molecule has 0 spiro atoms. The highest BCUT2D eigenvalue weighted by molar-refractivity contribution is 5.56. The largest absolute Gasteiger partial charge is 0.399 e. The maximum Gasteiger partial charge on any atom is 0.151 e. The summed E-state index contributed by atoms with van der Waals surface area (Å²) in [4.78, 5) is 1.73. The standard InChI is InChI=1S/C13H20F2N2/c1-8(2)7-17(9(3)4)13-11(14)5-10(16)6-12(13)15/h5-6,8-9H,7,16H2,1-4H3. The van der Waals surface area contributed by atoms with Gasteiger partial charge in [-0.25, -0.2) is 8.78 Å². The molecule has 96 valence electrons. The van der Waals surface area contributed by atoms with Crippen molar-refractivity contribution in [2.24, 2.45) is 5.92 Å². The second-order valence-electron chi connectivity index (χ2n) is 4.97. The van der Waals surface area contributed by atoms with Gasteiger partial charge in [-0.15, -0.1) is 0 Å². The van der Waals surface area contributed by atoms with Crippen LogP contribution in [-0.2, 0) is 0 Å². The SMILES string of the molecule is CC(C)CN(c1c(F)cc(N)cc1F)C(C)C. The number of benzene rings is 1. The van der Waals surface area contributed by atoms with Crippen molar-refractivity contribution in [2.45, 2.75) is 33.7 Å². The van der Waals surface area contributed by atoms with Gasteiger partial charge < -0.3 is 10.6 Å². The van der Waals surface area contributed by atoms with Crippen molar-refractivity contribution in [3.05, 3.63) is 23.8 Å². The van der Waals surface area contributed by atoms with E-state index < -0.39 is 11.6 Å². The highest BCUT2D eigenvalue weighted by Gasteiger charge is 2.20. The monoisotopic (exact) mass is 242 g/mol. The Morgan fingerprint density at radius 2 is 1.59 bits per heavy atom. The van der Waals surface area contributed by atoms with Crippen LogP contribution in [0.4, 0.5) is 20.2 Å². The van der Waals surface area contributed by atoms with Gasteiger partial charge in [0, 0.05) is 18.3 Å². The van der Waals surface area contributed by atoms with Gasteiger partial charge >= 0.3 is 0 Å². The number of hydrogen-bond acceptors (Lipinski definition) is 2. The minimum Gasteiger partial charge on any atom is -0.399 e. The highest BCUT2D eigenvalue weighted by Crippen LogP contribution is 2.28. The predicted octanol–water partition coefficient (Wildman–Crippen LogP) is 3.42. The zero-order valence-corrected chi connectivity index (χ0v) is 10.8. The summed E-state index contributed by atoms with van der Waals surface area (Å²) in [6.07, 6.45) is 0. The van der Waals surface area contributed by atoms with Gasteiger partial charge in [0.25, 0.3) is 0 Å². The molecule has 0 aliphatic heterocycles. The summed E-state index contributed by atoms with van der Waals surface area (Å²) >= 11 is 0. The molecule has 1 aromatic rings. The Morgan fingerprint density at radius 1 is 1.12 bits per heavy atom. The number of nitrogens with zero attached hydrogens (tertiary/aromatic N) is 1. The van der Waals surface area contributed by atoms with Crippen molar-refractivity contribution >= 4 is 11.4 Å². The molecule has 0 aromatic heterocycles. The van der Waals surface area contributed by atoms with E-state index in [1.165, 1.54) is 0 Å². The Labute approximate surface area is 101 Å². The molecule has 0 amide bonds. The molecule has 0 saturated heterocycles. The Kier molecular flexibility index (Phi) is 4.32. The Bertz CT molecular complexity index is 366. The van der Waals surface area contributed by atoms with Crippen LogP contribution in [0.15, 0.2) is 12.1 Å². The summed E-state index contributed by atoms with van der Waals surface area (Å²) in [6.45, 7) is 8.47. The highest BCUT2D eigenvalue weighted by atomic mass is 19.1. The van der Waals surface area contributed by atoms with Crippen LogP contribution in [0, 0.1) is 17.6 Å². The molecule has 4 heteroatoms. The quantitative estimate of drug-likeness (QED) is 0.820. The third kappa shape index (κ3) is 3.32. The van der Waals surface area contributed by atoms with E-state index in [9.17, 15) is 8.78 Å². The number of rotatable bonds is 4. The maximum absolute atomic E-state index is 13.8. The van der Waals surface area contributed by atoms with Crippen molar-refractivity contribution in [3.8, 4) is 0 Å². The molecule has 0 fully saturated rings. The summed E-state index contributed by atoms with van der Waals surface area (Å²) in [5.74, 6) is -0.873. The smallest absolute Gasteiger partial charge is 0.151 e. The lowest BCUT2D eigenvalue weighted by molar-refractivity contribution is 0.524. The van der Waals surface area contributed by atoms with Crippen molar-refractivity contribution in [3.63, 3.8) is 0 Å². The van der Waals surface area contributed by atoms with Gasteiger partial charge in [-0.05, 0) is 31.9 Å². The van der Waals surface area contributed by atoms with E-state index >= 15 is 0 Å². The van der Waals surface area contributed by atoms with Crippen molar-refractivity contribution in [1.29, 1.82) is 0 Å². The molecule has 0 atom stereocenters. The first-order chi connectivity index (χ1) is 7.82. The number of anilines is 2. The van der Waals surface area contributed by atoms with Crippen LogP contribution >= 0.6 is 0 Å². The number of hydrogen-bond donors (Lipinski definition) is 1. The minimum absolute atomic E-state index is 0.0166. The number of halogens is 2. The van der Waals surface area contributed by atoms with Crippen LogP contribution in [0.5, 0.6) is 0 Å². The first-order valence-corrected chi connectivity index (χ1v) is 5.84. The van der Waals surface area contributed by atoms with Crippen LogP contribution in [0.3, 0.4) is 0 Å². The normalized spacial score (nSPS) is 11.3. The molecule has 2 nitrogen and oxygen atoms in total. The van der Waals surface area contributed by atoms with E-state index in [0.29, 0.717) is 12.5 Å². The van der Waals surface area contributed by atoms with Crippen molar-refractivity contribution in [2.75, 3.05) is 17.2 Å². The molecule has 1 rings (SSSR count). The second kappa shape index (κ2) is 5.34. The molecular weight excluding hydrogens is 222 g/mol. The van der Waals surface area contributed by atoms with Gasteiger partial charge in [0.2, 0.25) is 0 Å². The van der Waals surface area contributed by atoms with Gasteiger partial charge in [-0.3, -0.25) is 0 Å². The lowest BCUT2D eigenvalue weighted by Crippen LogP contribution is -2.35. The first-order valence-electron chi connectivity index (χ1n) is 5.84.